The minimum Gasteiger partial charge on any atom is -0.382 e. The molecule has 4 rings (SSSR count). The average molecular weight is 283 g/mol. The number of aromatic amines is 1. The number of anilines is 1. The maximum absolute atomic E-state index is 11.3. The van der Waals surface area contributed by atoms with Crippen LogP contribution >= 0.6 is 0 Å². The van der Waals surface area contributed by atoms with Crippen molar-refractivity contribution >= 4 is 22.9 Å². The summed E-state index contributed by atoms with van der Waals surface area (Å²) in [6, 6.07) is 3.56. The number of nitrogens with zero attached hydrogens (tertiary/aromatic N) is 5. The number of hydrogen-bond acceptors (Lipinski definition) is 6. The molecule has 0 aliphatic carbocycles. The van der Waals surface area contributed by atoms with Crippen LogP contribution in [0.4, 0.5) is 5.82 Å². The lowest BCUT2D eigenvalue weighted by molar-refractivity contribution is 0.0885. The number of pyridine rings is 1. The molecule has 0 saturated carbocycles. The highest BCUT2D eigenvalue weighted by atomic mass is 16.2. The molecule has 1 aliphatic rings. The highest BCUT2D eigenvalue weighted by molar-refractivity contribution is 5.95. The number of fused-ring (bicyclic) bond motifs is 1. The summed E-state index contributed by atoms with van der Waals surface area (Å²) >= 11 is 0. The molecule has 3 N–H and O–H groups in total. The Morgan fingerprint density at radius 1 is 1.29 bits per heavy atom. The second-order valence-corrected chi connectivity index (χ2v) is 4.39. The first kappa shape index (κ1) is 13.0. The maximum Gasteiger partial charge on any atom is 0.255 e. The zero-order valence-corrected chi connectivity index (χ0v) is 11.1. The Kier molecular flexibility index (Phi) is 3.42. The lowest BCUT2D eigenvalue weighted by Crippen LogP contribution is -2.10. The summed E-state index contributed by atoms with van der Waals surface area (Å²) in [5.74, 6) is 0.528. The van der Waals surface area contributed by atoms with Gasteiger partial charge in [0.05, 0.1) is 11.9 Å². The van der Waals surface area contributed by atoms with Gasteiger partial charge in [0.1, 0.15) is 11.8 Å². The molecule has 0 atom stereocenters. The van der Waals surface area contributed by atoms with Crippen molar-refractivity contribution in [2.75, 3.05) is 18.8 Å². The number of nitrogen functional groups attached to an aromatic ring is 1. The molecule has 0 bridgehead atoms. The van der Waals surface area contributed by atoms with Gasteiger partial charge < -0.3 is 15.6 Å². The van der Waals surface area contributed by atoms with Crippen LogP contribution in [0.15, 0.2) is 37.2 Å². The van der Waals surface area contributed by atoms with E-state index in [2.05, 4.69) is 24.9 Å². The Hall–Kier alpha value is -3.03. The fourth-order valence-corrected chi connectivity index (χ4v) is 1.71. The van der Waals surface area contributed by atoms with E-state index < -0.39 is 0 Å². The van der Waals surface area contributed by atoms with Crippen molar-refractivity contribution in [3.8, 4) is 0 Å². The molecule has 21 heavy (non-hydrogen) atoms. The summed E-state index contributed by atoms with van der Waals surface area (Å²) in [5, 5.41) is 0. The van der Waals surface area contributed by atoms with Gasteiger partial charge in [-0.15, -0.1) is 0 Å². The van der Waals surface area contributed by atoms with Crippen LogP contribution in [0.1, 0.15) is 10.4 Å². The van der Waals surface area contributed by atoms with Crippen LogP contribution in [0, 0.1) is 0 Å². The van der Waals surface area contributed by atoms with Gasteiger partial charge in [0.25, 0.3) is 5.91 Å². The zero-order chi connectivity index (χ0) is 14.7. The molecule has 8 heteroatoms. The highest BCUT2D eigenvalue weighted by Gasteiger charge is 2.24. The molecule has 3 aromatic heterocycles. The number of aromatic nitrogens is 5. The molecule has 8 nitrogen and oxygen atoms in total. The second kappa shape index (κ2) is 5.53. The van der Waals surface area contributed by atoms with Crippen LogP contribution in [0.3, 0.4) is 0 Å². The Morgan fingerprint density at radius 2 is 2.14 bits per heavy atom. The maximum atomic E-state index is 11.3. The van der Waals surface area contributed by atoms with E-state index >= 15 is 0 Å². The van der Waals surface area contributed by atoms with E-state index in [0.717, 1.165) is 13.1 Å². The van der Waals surface area contributed by atoms with E-state index in [4.69, 9.17) is 5.73 Å². The standard InChI is InChI=1S/C8H8N2O.C5H5N5/c11-8(10-4-5-10)7-2-1-3-9-6-7;6-4-3-5(9-1-7-3)10-2-8-4/h1-3,6H,4-5H2;1-2H,(H3,6,7,8,9,10). The molecule has 0 unspecified atom stereocenters. The molecule has 0 aromatic carbocycles. The predicted octanol–water partition coefficient (Wildman–Crippen LogP) is 0.472. The van der Waals surface area contributed by atoms with Crippen molar-refractivity contribution in [2.24, 2.45) is 0 Å². The van der Waals surface area contributed by atoms with Crippen molar-refractivity contribution in [3.05, 3.63) is 42.7 Å². The molecular weight excluding hydrogens is 270 g/mol. The number of nitrogens with one attached hydrogen (secondary N) is 1. The summed E-state index contributed by atoms with van der Waals surface area (Å²) in [4.78, 5) is 31.3. The topological polar surface area (TPSA) is 113 Å². The lowest BCUT2D eigenvalue weighted by Gasteiger charge is -1.98. The Labute approximate surface area is 120 Å². The van der Waals surface area contributed by atoms with Gasteiger partial charge in [-0.25, -0.2) is 15.0 Å². The van der Waals surface area contributed by atoms with Gasteiger partial charge in [0.2, 0.25) is 0 Å². The van der Waals surface area contributed by atoms with Crippen LogP contribution in [-0.4, -0.2) is 48.8 Å². The third-order valence-corrected chi connectivity index (χ3v) is 2.90. The van der Waals surface area contributed by atoms with Crippen LogP contribution in [0.2, 0.25) is 0 Å². The molecule has 1 aliphatic heterocycles. The molecular formula is C13H13N7O. The Bertz CT molecular complexity index is 751. The van der Waals surface area contributed by atoms with Gasteiger partial charge in [0.15, 0.2) is 11.5 Å². The third-order valence-electron chi connectivity index (χ3n) is 2.90. The minimum atomic E-state index is 0.0955. The number of nitrogens with two attached hydrogens (primary N) is 1. The van der Waals surface area contributed by atoms with Crippen molar-refractivity contribution in [2.45, 2.75) is 0 Å². The largest absolute Gasteiger partial charge is 0.382 e. The molecule has 0 radical (unpaired) electrons. The second-order valence-electron chi connectivity index (χ2n) is 4.39. The van der Waals surface area contributed by atoms with Gasteiger partial charge in [-0.05, 0) is 12.1 Å². The zero-order valence-electron chi connectivity index (χ0n) is 11.1. The third kappa shape index (κ3) is 2.94. The first-order chi connectivity index (χ1) is 10.3. The Morgan fingerprint density at radius 3 is 2.81 bits per heavy atom. The number of rotatable bonds is 1. The highest BCUT2D eigenvalue weighted by Crippen LogP contribution is 2.10. The van der Waals surface area contributed by atoms with E-state index in [1.807, 2.05) is 0 Å². The van der Waals surface area contributed by atoms with E-state index in [1.54, 1.807) is 29.4 Å². The quantitative estimate of drug-likeness (QED) is 0.628. The number of hydrogen-bond donors (Lipinski definition) is 2. The summed E-state index contributed by atoms with van der Waals surface area (Å²) in [6.45, 7) is 1.79. The van der Waals surface area contributed by atoms with Gasteiger partial charge in [-0.3, -0.25) is 9.78 Å². The van der Waals surface area contributed by atoms with Crippen molar-refractivity contribution in [1.29, 1.82) is 0 Å². The molecule has 1 amide bonds. The number of carbonyl (C=O) groups excluding carboxylic acids is 1. The van der Waals surface area contributed by atoms with Crippen molar-refractivity contribution < 1.29 is 4.79 Å². The SMILES string of the molecule is Nc1ncnc2nc[nH]c12.O=C(c1cccnc1)N1CC1. The summed E-state index contributed by atoms with van der Waals surface area (Å²) < 4.78 is 0. The van der Waals surface area contributed by atoms with Gasteiger partial charge in [-0.1, -0.05) is 0 Å². The first-order valence-electron chi connectivity index (χ1n) is 6.34. The first-order valence-corrected chi connectivity index (χ1v) is 6.34. The van der Waals surface area contributed by atoms with Gasteiger partial charge >= 0.3 is 0 Å². The van der Waals surface area contributed by atoms with Crippen molar-refractivity contribution in [3.63, 3.8) is 0 Å². The summed E-state index contributed by atoms with van der Waals surface area (Å²) in [6.07, 6.45) is 6.19. The van der Waals surface area contributed by atoms with E-state index in [1.165, 1.54) is 12.7 Å². The Balaban J connectivity index is 0.000000126. The molecule has 0 spiro atoms. The summed E-state index contributed by atoms with van der Waals surface area (Å²) in [7, 11) is 0. The monoisotopic (exact) mass is 283 g/mol. The van der Waals surface area contributed by atoms with Gasteiger partial charge in [-0.2, -0.15) is 0 Å². The van der Waals surface area contributed by atoms with Gasteiger partial charge in [0, 0.05) is 25.5 Å². The van der Waals surface area contributed by atoms with Crippen LogP contribution in [0.25, 0.3) is 11.2 Å². The smallest absolute Gasteiger partial charge is 0.255 e. The van der Waals surface area contributed by atoms with E-state index in [0.29, 0.717) is 22.5 Å². The molecule has 1 saturated heterocycles. The number of H-pyrrole nitrogens is 1. The number of imidazole rings is 1. The molecule has 3 aromatic rings. The predicted molar refractivity (Wildman–Crippen MR) is 76.2 cm³/mol. The lowest BCUT2D eigenvalue weighted by atomic mass is 10.3. The average Bonchev–Trinajstić information content (AvgIpc) is 3.26. The fourth-order valence-electron chi connectivity index (χ4n) is 1.71. The molecule has 1 fully saturated rings. The molecule has 106 valence electrons. The number of carbonyl (C=O) groups is 1. The van der Waals surface area contributed by atoms with Crippen molar-refractivity contribution in [1.82, 2.24) is 29.8 Å². The van der Waals surface area contributed by atoms with Crippen LogP contribution in [-0.2, 0) is 0 Å². The fraction of sp³-hybridized carbons (Fsp3) is 0.154. The van der Waals surface area contributed by atoms with Crippen LogP contribution in [0.5, 0.6) is 0 Å². The van der Waals surface area contributed by atoms with E-state index in [9.17, 15) is 4.79 Å². The normalized spacial score (nSPS) is 12.7. The summed E-state index contributed by atoms with van der Waals surface area (Å²) in [5.41, 5.74) is 7.46. The number of amides is 1. The van der Waals surface area contributed by atoms with Crippen LogP contribution < -0.4 is 5.73 Å². The molecule has 4 heterocycles. The van der Waals surface area contributed by atoms with E-state index in [-0.39, 0.29) is 5.91 Å². The minimum absolute atomic E-state index is 0.0955.